The van der Waals surface area contributed by atoms with Crippen molar-refractivity contribution in [3.8, 4) is 0 Å². The summed E-state index contributed by atoms with van der Waals surface area (Å²) in [5.41, 5.74) is -1.19. The summed E-state index contributed by atoms with van der Waals surface area (Å²) in [6, 6.07) is -0.861. The van der Waals surface area contributed by atoms with Crippen molar-refractivity contribution in [2.75, 3.05) is 39.3 Å². The van der Waals surface area contributed by atoms with Gasteiger partial charge in [0.1, 0.15) is 11.6 Å². The molecule has 0 bridgehead atoms. The first-order chi connectivity index (χ1) is 15.0. The molecule has 170 valence electrons. The van der Waals surface area contributed by atoms with Gasteiger partial charge >= 0.3 is 0 Å². The fourth-order valence-corrected chi connectivity index (χ4v) is 5.60. The molecule has 0 aliphatic carbocycles. The van der Waals surface area contributed by atoms with Gasteiger partial charge in [0, 0.05) is 32.7 Å². The van der Waals surface area contributed by atoms with Crippen LogP contribution in [0, 0.1) is 11.8 Å². The second-order valence-corrected chi connectivity index (χ2v) is 8.85. The van der Waals surface area contributed by atoms with Crippen molar-refractivity contribution in [3.63, 3.8) is 0 Å². The molecule has 5 atom stereocenters. The van der Waals surface area contributed by atoms with Crippen molar-refractivity contribution in [2.45, 2.75) is 50.9 Å². The SMILES string of the molecule is CCCCN1CC=C[C@]23O[C@@H]4C=CCN(CCC)C(=O)[C@@H]4[C@H]2C(=O)N(CCO)C3C1=O. The van der Waals surface area contributed by atoms with E-state index in [2.05, 4.69) is 6.92 Å². The van der Waals surface area contributed by atoms with Crippen LogP contribution in [0.15, 0.2) is 24.3 Å². The number of rotatable bonds is 7. The fourth-order valence-electron chi connectivity index (χ4n) is 5.60. The molecule has 1 spiro atoms. The average molecular weight is 432 g/mol. The van der Waals surface area contributed by atoms with E-state index in [9.17, 15) is 19.5 Å². The molecular weight excluding hydrogens is 398 g/mol. The molecule has 4 heterocycles. The standard InChI is InChI=1S/C23H33N3O5/c1-3-5-11-25-13-7-9-23-18(21(29)26(14-15-27)19(23)22(25)30)17-16(31-23)8-6-12-24(10-4-2)20(17)28/h6-9,16-19,27H,3-5,10-15H2,1-2H3/t16-,17+,18+,19?,23+/m1/s1. The molecule has 8 heteroatoms. The highest BCUT2D eigenvalue weighted by Crippen LogP contribution is 2.53. The van der Waals surface area contributed by atoms with E-state index < -0.39 is 29.6 Å². The zero-order valence-electron chi connectivity index (χ0n) is 18.4. The van der Waals surface area contributed by atoms with Crippen LogP contribution < -0.4 is 0 Å². The molecule has 3 amide bonds. The average Bonchev–Trinajstić information content (AvgIpc) is 3.06. The number of aliphatic hydroxyl groups excluding tert-OH is 1. The summed E-state index contributed by atoms with van der Waals surface area (Å²) in [4.78, 5) is 45.7. The van der Waals surface area contributed by atoms with Crippen LogP contribution in [0.5, 0.6) is 0 Å². The molecular formula is C23H33N3O5. The Kier molecular flexibility index (Phi) is 6.21. The van der Waals surface area contributed by atoms with Gasteiger partial charge in [-0.1, -0.05) is 44.6 Å². The van der Waals surface area contributed by atoms with Crippen LogP contribution in [0.4, 0.5) is 0 Å². The summed E-state index contributed by atoms with van der Waals surface area (Å²) < 4.78 is 6.50. The second-order valence-electron chi connectivity index (χ2n) is 8.85. The van der Waals surface area contributed by atoms with Crippen molar-refractivity contribution in [1.29, 1.82) is 0 Å². The molecule has 2 saturated heterocycles. The van der Waals surface area contributed by atoms with Gasteiger partial charge in [0.05, 0.1) is 24.5 Å². The smallest absolute Gasteiger partial charge is 0.249 e. The third-order valence-corrected chi connectivity index (χ3v) is 6.94. The second kappa shape index (κ2) is 8.74. The summed E-state index contributed by atoms with van der Waals surface area (Å²) in [5, 5.41) is 9.64. The van der Waals surface area contributed by atoms with Gasteiger partial charge < -0.3 is 24.5 Å². The molecule has 4 rings (SSSR count). The highest BCUT2D eigenvalue weighted by molar-refractivity contribution is 5.99. The first-order valence-corrected chi connectivity index (χ1v) is 11.5. The maximum absolute atomic E-state index is 13.6. The highest BCUT2D eigenvalue weighted by Gasteiger charge is 2.71. The summed E-state index contributed by atoms with van der Waals surface area (Å²) >= 11 is 0. The van der Waals surface area contributed by atoms with Crippen LogP contribution >= 0.6 is 0 Å². The number of hydrogen-bond acceptors (Lipinski definition) is 5. The molecule has 0 aromatic heterocycles. The number of amides is 3. The minimum absolute atomic E-state index is 0.0480. The number of unbranched alkanes of at least 4 members (excludes halogenated alkanes) is 1. The number of nitrogens with zero attached hydrogens (tertiary/aromatic N) is 3. The third-order valence-electron chi connectivity index (χ3n) is 6.94. The molecule has 1 unspecified atom stereocenters. The van der Waals surface area contributed by atoms with E-state index in [1.165, 1.54) is 4.90 Å². The number of hydrogen-bond donors (Lipinski definition) is 1. The first-order valence-electron chi connectivity index (χ1n) is 11.5. The number of carbonyl (C=O) groups excluding carboxylic acids is 3. The summed E-state index contributed by atoms with van der Waals surface area (Å²) in [6.07, 6.45) is 9.67. The summed E-state index contributed by atoms with van der Waals surface area (Å²) in [5.74, 6) is -1.97. The lowest BCUT2D eigenvalue weighted by Crippen LogP contribution is -2.55. The van der Waals surface area contributed by atoms with E-state index in [4.69, 9.17) is 4.74 Å². The first kappa shape index (κ1) is 22.0. The van der Waals surface area contributed by atoms with Crippen molar-refractivity contribution < 1.29 is 24.2 Å². The Morgan fingerprint density at radius 1 is 1.00 bits per heavy atom. The van der Waals surface area contributed by atoms with Crippen LogP contribution in [0.2, 0.25) is 0 Å². The minimum atomic E-state index is -1.19. The Morgan fingerprint density at radius 2 is 1.74 bits per heavy atom. The van der Waals surface area contributed by atoms with E-state index in [1.807, 2.05) is 31.2 Å². The third kappa shape index (κ3) is 3.40. The highest BCUT2D eigenvalue weighted by atomic mass is 16.5. The van der Waals surface area contributed by atoms with E-state index >= 15 is 0 Å². The molecule has 0 saturated carbocycles. The molecule has 0 aromatic rings. The summed E-state index contributed by atoms with van der Waals surface area (Å²) in [6.45, 7) is 6.06. The van der Waals surface area contributed by atoms with E-state index in [0.29, 0.717) is 26.2 Å². The van der Waals surface area contributed by atoms with Crippen molar-refractivity contribution in [3.05, 3.63) is 24.3 Å². The van der Waals surface area contributed by atoms with Crippen molar-refractivity contribution >= 4 is 17.7 Å². The van der Waals surface area contributed by atoms with Gasteiger partial charge in [-0.05, 0) is 12.8 Å². The molecule has 8 nitrogen and oxygen atoms in total. The molecule has 31 heavy (non-hydrogen) atoms. The van der Waals surface area contributed by atoms with Crippen LogP contribution in [0.1, 0.15) is 33.1 Å². The maximum Gasteiger partial charge on any atom is 0.249 e. The Bertz CT molecular complexity index is 796. The Morgan fingerprint density at radius 3 is 2.45 bits per heavy atom. The van der Waals surface area contributed by atoms with Gasteiger partial charge in [0.25, 0.3) is 0 Å². The molecule has 0 radical (unpaired) electrons. The molecule has 1 N–H and O–H groups in total. The van der Waals surface area contributed by atoms with Crippen molar-refractivity contribution in [2.24, 2.45) is 11.8 Å². The van der Waals surface area contributed by atoms with E-state index in [-0.39, 0.29) is 30.9 Å². The monoisotopic (exact) mass is 431 g/mol. The maximum atomic E-state index is 13.6. The van der Waals surface area contributed by atoms with Crippen molar-refractivity contribution in [1.82, 2.24) is 14.7 Å². The normalized spacial score (nSPS) is 34.7. The van der Waals surface area contributed by atoms with Gasteiger partial charge in [-0.15, -0.1) is 0 Å². The molecule has 4 aliphatic heterocycles. The minimum Gasteiger partial charge on any atom is -0.395 e. The largest absolute Gasteiger partial charge is 0.395 e. The number of β-amino-alcohol motifs (C(OH)–C–C–N with tert-alkyl or cyclic N) is 1. The molecule has 0 aromatic carbocycles. The Labute approximate surface area is 183 Å². The van der Waals surface area contributed by atoms with Crippen LogP contribution in [0.25, 0.3) is 0 Å². The number of likely N-dealkylation sites (tertiary alicyclic amines) is 1. The lowest BCUT2D eigenvalue weighted by atomic mass is 9.77. The topological polar surface area (TPSA) is 90.4 Å². The number of fused-ring (bicyclic) bond motifs is 2. The summed E-state index contributed by atoms with van der Waals surface area (Å²) in [7, 11) is 0. The Hall–Kier alpha value is -2.19. The lowest BCUT2D eigenvalue weighted by Gasteiger charge is -2.35. The van der Waals surface area contributed by atoms with Gasteiger partial charge in [0.2, 0.25) is 17.7 Å². The van der Waals surface area contributed by atoms with Gasteiger partial charge in [-0.2, -0.15) is 0 Å². The number of carbonyl (C=O) groups is 3. The lowest BCUT2D eigenvalue weighted by molar-refractivity contribution is -0.148. The molecule has 2 fully saturated rings. The number of aliphatic hydroxyl groups is 1. The van der Waals surface area contributed by atoms with Crippen LogP contribution in [-0.2, 0) is 19.1 Å². The van der Waals surface area contributed by atoms with Gasteiger partial charge in [0.15, 0.2) is 0 Å². The van der Waals surface area contributed by atoms with E-state index in [1.54, 1.807) is 9.80 Å². The van der Waals surface area contributed by atoms with E-state index in [0.717, 1.165) is 19.3 Å². The van der Waals surface area contributed by atoms with Crippen LogP contribution in [0.3, 0.4) is 0 Å². The number of ether oxygens (including phenoxy) is 1. The van der Waals surface area contributed by atoms with Crippen LogP contribution in [-0.4, -0.2) is 94.6 Å². The Balaban J connectivity index is 1.76. The zero-order valence-corrected chi connectivity index (χ0v) is 18.4. The quantitative estimate of drug-likeness (QED) is 0.595. The van der Waals surface area contributed by atoms with Gasteiger partial charge in [-0.3, -0.25) is 14.4 Å². The molecule has 4 aliphatic rings. The predicted octanol–water partition coefficient (Wildman–Crippen LogP) is 0.566. The zero-order chi connectivity index (χ0) is 22.2. The van der Waals surface area contributed by atoms with Gasteiger partial charge in [-0.25, -0.2) is 0 Å². The fraction of sp³-hybridized carbons (Fsp3) is 0.696. The predicted molar refractivity (Wildman–Crippen MR) is 114 cm³/mol.